The van der Waals surface area contributed by atoms with Gasteiger partial charge in [0.1, 0.15) is 0 Å². The fourth-order valence-corrected chi connectivity index (χ4v) is 2.21. The first-order valence-corrected chi connectivity index (χ1v) is 5.78. The summed E-state index contributed by atoms with van der Waals surface area (Å²) in [4.78, 5) is 45.1. The predicted molar refractivity (Wildman–Crippen MR) is 77.5 cm³/mol. The molecule has 9 heteroatoms. The van der Waals surface area contributed by atoms with Gasteiger partial charge in [-0.15, -0.1) is 0 Å². The molecule has 0 aliphatic rings. The molecule has 0 saturated carbocycles. The number of hydrogen-bond acceptors (Lipinski definition) is 4. The first-order chi connectivity index (χ1) is 10.3. The molecule has 0 saturated heterocycles. The van der Waals surface area contributed by atoms with Crippen LogP contribution in [0.1, 0.15) is 41.4 Å². The monoisotopic (exact) mass is 311 g/mol. The van der Waals surface area contributed by atoms with Gasteiger partial charge in [-0.25, -0.2) is 19.2 Å². The van der Waals surface area contributed by atoms with Crippen LogP contribution in [0.3, 0.4) is 0 Å². The van der Waals surface area contributed by atoms with E-state index >= 15 is 0 Å². The summed E-state index contributed by atoms with van der Waals surface area (Å²) in [7, 11) is 0. The van der Waals surface area contributed by atoms with Crippen molar-refractivity contribution in [3.05, 3.63) is 46.5 Å². The molecule has 0 aliphatic carbocycles. The maximum Gasteiger partial charge on any atom is 0.336 e. The molecule has 2 aromatic rings. The number of carboxylic acid groups (broad SMARTS) is 4. The fraction of sp³-hybridized carbons (Fsp3) is 0. The van der Waals surface area contributed by atoms with E-state index in [2.05, 4.69) is 0 Å². The minimum Gasteiger partial charge on any atom is -0.478 e. The van der Waals surface area contributed by atoms with Gasteiger partial charge in [0.2, 0.25) is 0 Å². The molecular weight excluding hydrogens is 303 g/mol. The van der Waals surface area contributed by atoms with Crippen molar-refractivity contribution in [2.75, 3.05) is 0 Å². The minimum absolute atomic E-state index is 0. The average molecular weight is 311 g/mol. The van der Waals surface area contributed by atoms with E-state index in [0.29, 0.717) is 0 Å². The number of fused-ring (bicyclic) bond motifs is 1. The second-order valence-corrected chi connectivity index (χ2v) is 4.29. The zero-order valence-electron chi connectivity index (χ0n) is 11.7. The summed E-state index contributed by atoms with van der Waals surface area (Å²) in [5.41, 5.74) is -1.94. The summed E-state index contributed by atoms with van der Waals surface area (Å²) >= 11 is 0. The molecule has 0 amide bonds. The molecule has 1 radical (unpaired) electrons. The summed E-state index contributed by atoms with van der Waals surface area (Å²) in [6.45, 7) is 0. The van der Waals surface area contributed by atoms with Gasteiger partial charge in [-0.1, -0.05) is 0 Å². The molecule has 4 N–H and O–H groups in total. The van der Waals surface area contributed by atoms with Gasteiger partial charge in [0, 0.05) is 29.6 Å². The first kappa shape index (κ1) is 18.2. The van der Waals surface area contributed by atoms with Gasteiger partial charge in [0.25, 0.3) is 0 Å². The molecule has 23 heavy (non-hydrogen) atoms. The Hall–Kier alpha value is -2.82. The van der Waals surface area contributed by atoms with Crippen molar-refractivity contribution in [3.63, 3.8) is 0 Å². The Labute approximate surface area is 140 Å². The molecule has 0 aromatic heterocycles. The topological polar surface area (TPSA) is 149 Å². The third-order valence-corrected chi connectivity index (χ3v) is 3.08. The van der Waals surface area contributed by atoms with Crippen LogP contribution < -0.4 is 0 Å². The number of carboxylic acids is 4. The molecule has 0 atom stereocenters. The Kier molecular flexibility index (Phi) is 5.17. The molecule has 2 rings (SSSR count). The fourth-order valence-electron chi connectivity index (χ4n) is 2.21. The van der Waals surface area contributed by atoms with Crippen LogP contribution in [-0.2, 0) is 0 Å². The summed E-state index contributed by atoms with van der Waals surface area (Å²) in [5, 5.41) is 35.8. The number of hydrogen-bond donors (Lipinski definition) is 4. The molecule has 8 nitrogen and oxygen atoms in total. The Morgan fingerprint density at radius 2 is 0.696 bits per heavy atom. The maximum atomic E-state index is 11.3. The van der Waals surface area contributed by atoms with Gasteiger partial charge in [-0.3, -0.25) is 0 Å². The SMILES string of the molecule is O=C(O)c1ccc(C(=O)O)c2c(C(=O)O)ccc(C(=O)O)c12.[Li]. The van der Waals surface area contributed by atoms with E-state index < -0.39 is 56.9 Å². The van der Waals surface area contributed by atoms with Crippen molar-refractivity contribution in [1.82, 2.24) is 0 Å². The maximum absolute atomic E-state index is 11.3. The van der Waals surface area contributed by atoms with Gasteiger partial charge < -0.3 is 20.4 Å². The standard InChI is InChI=1S/C14H8O8.Li/c15-11(16)5-1-2-6(12(17)18)10-8(14(21)22)4-3-7(9(5)10)13(19)20;/h1-4H,(H,15,16)(H,17,18)(H,19,20)(H,21,22);. The number of benzene rings is 2. The van der Waals surface area contributed by atoms with E-state index in [4.69, 9.17) is 20.4 Å². The van der Waals surface area contributed by atoms with Crippen LogP contribution in [0, 0.1) is 0 Å². The molecule has 0 spiro atoms. The third-order valence-electron chi connectivity index (χ3n) is 3.08. The van der Waals surface area contributed by atoms with Crippen molar-refractivity contribution in [3.8, 4) is 0 Å². The van der Waals surface area contributed by atoms with Gasteiger partial charge in [-0.2, -0.15) is 0 Å². The molecule has 0 fully saturated rings. The second kappa shape index (κ2) is 6.52. The molecule has 113 valence electrons. The van der Waals surface area contributed by atoms with Crippen molar-refractivity contribution in [2.24, 2.45) is 0 Å². The number of rotatable bonds is 4. The van der Waals surface area contributed by atoms with Crippen molar-refractivity contribution in [1.29, 1.82) is 0 Å². The average Bonchev–Trinajstić information content (AvgIpc) is 2.43. The molecule has 0 heterocycles. The van der Waals surface area contributed by atoms with Crippen LogP contribution in [-0.4, -0.2) is 63.2 Å². The molecule has 0 bridgehead atoms. The Morgan fingerprint density at radius 3 is 0.826 bits per heavy atom. The zero-order valence-corrected chi connectivity index (χ0v) is 11.7. The third kappa shape index (κ3) is 3.04. The van der Waals surface area contributed by atoms with Crippen LogP contribution in [0.2, 0.25) is 0 Å². The molecule has 0 aliphatic heterocycles. The summed E-state index contributed by atoms with van der Waals surface area (Å²) in [5.74, 6) is -5.97. The van der Waals surface area contributed by atoms with Crippen LogP contribution in [0.4, 0.5) is 0 Å². The van der Waals surface area contributed by atoms with Gasteiger partial charge in [0.05, 0.1) is 22.3 Å². The zero-order chi connectivity index (χ0) is 16.6. The predicted octanol–water partition coefficient (Wildman–Crippen LogP) is 1.25. The Morgan fingerprint density at radius 1 is 0.522 bits per heavy atom. The van der Waals surface area contributed by atoms with Crippen molar-refractivity contribution in [2.45, 2.75) is 0 Å². The van der Waals surface area contributed by atoms with E-state index in [1.165, 1.54) is 0 Å². The van der Waals surface area contributed by atoms with E-state index in [9.17, 15) is 19.2 Å². The second-order valence-electron chi connectivity index (χ2n) is 4.29. The number of aromatic carboxylic acids is 4. The van der Waals surface area contributed by atoms with E-state index in [1.807, 2.05) is 0 Å². The Bertz CT molecular complexity index is 718. The smallest absolute Gasteiger partial charge is 0.336 e. The molecular formula is C14H8LiO8. The van der Waals surface area contributed by atoms with Gasteiger partial charge >= 0.3 is 23.9 Å². The van der Waals surface area contributed by atoms with Crippen molar-refractivity contribution >= 4 is 53.5 Å². The van der Waals surface area contributed by atoms with Crippen LogP contribution in [0.15, 0.2) is 24.3 Å². The molecule has 0 unspecified atom stereocenters. The van der Waals surface area contributed by atoms with E-state index in [1.54, 1.807) is 0 Å². The van der Waals surface area contributed by atoms with E-state index in [-0.39, 0.29) is 18.9 Å². The quantitative estimate of drug-likeness (QED) is 0.616. The summed E-state index contributed by atoms with van der Waals surface area (Å²) in [6, 6.07) is 3.75. The minimum atomic E-state index is -1.49. The number of carbonyl (C=O) groups is 4. The summed E-state index contributed by atoms with van der Waals surface area (Å²) in [6.07, 6.45) is 0. The normalized spacial score (nSPS) is 9.91. The van der Waals surface area contributed by atoms with Crippen molar-refractivity contribution < 1.29 is 39.6 Å². The van der Waals surface area contributed by atoms with Crippen LogP contribution in [0.25, 0.3) is 10.8 Å². The van der Waals surface area contributed by atoms with E-state index in [0.717, 1.165) is 24.3 Å². The first-order valence-electron chi connectivity index (χ1n) is 5.78. The Balaban J connectivity index is 0.00000264. The van der Waals surface area contributed by atoms with Crippen LogP contribution >= 0.6 is 0 Å². The van der Waals surface area contributed by atoms with Crippen LogP contribution in [0.5, 0.6) is 0 Å². The largest absolute Gasteiger partial charge is 0.478 e. The van der Waals surface area contributed by atoms with Gasteiger partial charge in [-0.05, 0) is 24.3 Å². The van der Waals surface area contributed by atoms with Gasteiger partial charge in [0.15, 0.2) is 0 Å². The molecule has 2 aromatic carbocycles. The summed E-state index contributed by atoms with van der Waals surface area (Å²) < 4.78 is 0.